The van der Waals surface area contributed by atoms with E-state index in [-0.39, 0.29) is 50.9 Å². The summed E-state index contributed by atoms with van der Waals surface area (Å²) in [5.41, 5.74) is -0.648. The molecule has 0 bridgehead atoms. The molecule has 6 N–H and O–H groups in total. The topological polar surface area (TPSA) is 166 Å². The smallest absolute Gasteiger partial charge is 0.312 e. The van der Waals surface area contributed by atoms with Gasteiger partial charge in [0.05, 0.1) is 18.8 Å². The van der Waals surface area contributed by atoms with Crippen molar-refractivity contribution in [2.24, 2.45) is 50.2 Å². The number of carboxylic acid groups (broad SMARTS) is 1. The Kier molecular flexibility index (Phi) is 8.86. The van der Waals surface area contributed by atoms with Crippen LogP contribution < -0.4 is 5.32 Å². The number of aliphatic carboxylic acids is 1. The van der Waals surface area contributed by atoms with E-state index in [1.807, 2.05) is 0 Å². The van der Waals surface area contributed by atoms with Crippen LogP contribution in [0.15, 0.2) is 11.6 Å². The second-order valence-electron chi connectivity index (χ2n) is 18.7. The average molecular weight is 676 g/mol. The molecule has 6 rings (SSSR count). The van der Waals surface area contributed by atoms with Crippen LogP contribution in [0.1, 0.15) is 113 Å². The molecule has 0 radical (unpaired) electrons. The average Bonchev–Trinajstić information content (AvgIpc) is 2.97. The molecular weight excluding hydrogens is 614 g/mol. The predicted octanol–water partition coefficient (Wildman–Crippen LogP) is 4.17. The Labute approximate surface area is 286 Å². The molecule has 0 aromatic heterocycles. The Hall–Kier alpha value is -1.56. The standard InChI is InChI=1S/C38H61NO9/c1-20(41)39-28-30(44)29(43)23(19-40)47-31(28)48-27-12-13-35(6)24(34(27,4)5)11-14-36(7)25(35)10-9-21-22-17-33(2,3)15-16-38(22,32(45)46)26(42)18-37(21,36)8/h9,22-31,40,42-44H,10-19H2,1-8H3,(H,39,41)(H,45,46)/t22-,23+,24-,25?,26+,27-,28+,29+,30+,31-,35-,36+,37+,38+/m0/s1. The molecular formula is C38H61NO9. The van der Waals surface area contributed by atoms with Gasteiger partial charge in [-0.25, -0.2) is 0 Å². The predicted molar refractivity (Wildman–Crippen MR) is 178 cm³/mol. The molecule has 1 aliphatic heterocycles. The maximum Gasteiger partial charge on any atom is 0.312 e. The zero-order valence-electron chi connectivity index (χ0n) is 30.3. The fourth-order valence-electron chi connectivity index (χ4n) is 12.7. The maximum atomic E-state index is 13.0. The first-order chi connectivity index (χ1) is 22.2. The molecule has 0 spiro atoms. The number of aliphatic hydroxyl groups is 4. The summed E-state index contributed by atoms with van der Waals surface area (Å²) >= 11 is 0. The molecule has 0 aromatic carbocycles. The van der Waals surface area contributed by atoms with Crippen LogP contribution >= 0.6 is 0 Å². The Morgan fingerprint density at radius 3 is 2.25 bits per heavy atom. The summed E-state index contributed by atoms with van der Waals surface area (Å²) in [6.07, 6.45) is 3.42. The first kappa shape index (κ1) is 36.2. The third-order valence-corrected chi connectivity index (χ3v) is 15.6. The first-order valence-corrected chi connectivity index (χ1v) is 18.4. The summed E-state index contributed by atoms with van der Waals surface area (Å²) in [6, 6.07) is -0.985. The van der Waals surface area contributed by atoms with Gasteiger partial charge in [-0.15, -0.1) is 0 Å². The summed E-state index contributed by atoms with van der Waals surface area (Å²) in [6.45, 7) is 17.0. The van der Waals surface area contributed by atoms with Gasteiger partial charge in [-0.05, 0) is 103 Å². The molecule has 5 fully saturated rings. The quantitative estimate of drug-likeness (QED) is 0.185. The number of fused-ring (bicyclic) bond motifs is 7. The summed E-state index contributed by atoms with van der Waals surface area (Å²) in [5, 5.41) is 56.6. The highest BCUT2D eigenvalue weighted by molar-refractivity contribution is 5.77. The van der Waals surface area contributed by atoms with Crippen molar-refractivity contribution in [2.75, 3.05) is 6.61 Å². The summed E-state index contributed by atoms with van der Waals surface area (Å²) < 4.78 is 12.7. The molecule has 0 aromatic rings. The van der Waals surface area contributed by atoms with Crippen LogP contribution in [0.2, 0.25) is 0 Å². The van der Waals surface area contributed by atoms with E-state index in [2.05, 4.69) is 59.9 Å². The van der Waals surface area contributed by atoms with Crippen molar-refractivity contribution in [3.05, 3.63) is 11.6 Å². The minimum absolute atomic E-state index is 0.0124. The number of rotatable bonds is 5. The molecule has 4 saturated carbocycles. The van der Waals surface area contributed by atoms with Gasteiger partial charge in [-0.3, -0.25) is 9.59 Å². The van der Waals surface area contributed by atoms with Crippen molar-refractivity contribution < 1.29 is 44.6 Å². The van der Waals surface area contributed by atoms with Crippen LogP contribution in [-0.4, -0.2) is 86.9 Å². The number of amides is 1. The molecule has 1 amide bonds. The number of carbonyl (C=O) groups is 2. The van der Waals surface area contributed by atoms with Gasteiger partial charge in [0.1, 0.15) is 29.8 Å². The molecule has 1 saturated heterocycles. The molecule has 272 valence electrons. The fraction of sp³-hybridized carbons (Fsp3) is 0.895. The van der Waals surface area contributed by atoms with Gasteiger partial charge < -0.3 is 40.3 Å². The van der Waals surface area contributed by atoms with E-state index in [4.69, 9.17) is 9.47 Å². The third-order valence-electron chi connectivity index (χ3n) is 15.6. The lowest BCUT2D eigenvalue weighted by Gasteiger charge is -2.71. The summed E-state index contributed by atoms with van der Waals surface area (Å²) in [7, 11) is 0. The molecule has 6 aliphatic rings. The normalized spacial score (nSPS) is 50.9. The highest BCUT2D eigenvalue weighted by Crippen LogP contribution is 2.76. The Morgan fingerprint density at radius 2 is 1.62 bits per heavy atom. The van der Waals surface area contributed by atoms with E-state index in [0.717, 1.165) is 44.9 Å². The number of carboxylic acids is 1. The van der Waals surface area contributed by atoms with Crippen LogP contribution in [0.3, 0.4) is 0 Å². The number of hydrogen-bond acceptors (Lipinski definition) is 8. The molecule has 10 heteroatoms. The second kappa shape index (κ2) is 11.7. The lowest BCUT2D eigenvalue weighted by Crippen LogP contribution is -2.68. The van der Waals surface area contributed by atoms with Gasteiger partial charge in [0, 0.05) is 6.92 Å². The number of allylic oxidation sites excluding steroid dienone is 2. The zero-order chi connectivity index (χ0) is 35.4. The zero-order valence-corrected chi connectivity index (χ0v) is 30.3. The van der Waals surface area contributed by atoms with Crippen molar-refractivity contribution in [1.29, 1.82) is 0 Å². The van der Waals surface area contributed by atoms with Gasteiger partial charge >= 0.3 is 5.97 Å². The highest BCUT2D eigenvalue weighted by atomic mass is 16.7. The Balaban J connectivity index is 1.31. The summed E-state index contributed by atoms with van der Waals surface area (Å²) in [4.78, 5) is 25.1. The number of hydrogen-bond donors (Lipinski definition) is 6. The molecule has 5 aliphatic carbocycles. The van der Waals surface area contributed by atoms with E-state index >= 15 is 0 Å². The van der Waals surface area contributed by atoms with Gasteiger partial charge in [-0.1, -0.05) is 60.1 Å². The van der Waals surface area contributed by atoms with Crippen LogP contribution in [0.4, 0.5) is 0 Å². The third kappa shape index (κ3) is 5.01. The van der Waals surface area contributed by atoms with Gasteiger partial charge in [-0.2, -0.15) is 0 Å². The number of ether oxygens (including phenoxy) is 2. The fourth-order valence-corrected chi connectivity index (χ4v) is 12.7. The SMILES string of the molecule is CC(=O)N[C@H]1[C@H](O[C@H]2CC[C@]3(C)C4CC=C5[C@@H]6CC(C)(C)CC[C@]6(C(=O)O)[C@H](O)C[C@@]5(C)[C@]4(C)CC[C@H]3C2(C)C)O[C@H](CO)[C@@H](O)[C@@H]1O. The van der Waals surface area contributed by atoms with Crippen molar-refractivity contribution in [1.82, 2.24) is 5.32 Å². The van der Waals surface area contributed by atoms with Crippen molar-refractivity contribution in [3.8, 4) is 0 Å². The lowest BCUT2D eigenvalue weighted by molar-refractivity contribution is -0.307. The monoisotopic (exact) mass is 675 g/mol. The molecule has 14 atom stereocenters. The largest absolute Gasteiger partial charge is 0.481 e. The van der Waals surface area contributed by atoms with Crippen molar-refractivity contribution in [3.63, 3.8) is 0 Å². The molecule has 48 heavy (non-hydrogen) atoms. The van der Waals surface area contributed by atoms with Gasteiger partial charge in [0.25, 0.3) is 0 Å². The minimum Gasteiger partial charge on any atom is -0.481 e. The Morgan fingerprint density at radius 1 is 0.938 bits per heavy atom. The van der Waals surface area contributed by atoms with E-state index in [0.29, 0.717) is 18.8 Å². The number of nitrogens with one attached hydrogen (secondary N) is 1. The van der Waals surface area contributed by atoms with E-state index in [9.17, 15) is 35.1 Å². The van der Waals surface area contributed by atoms with Gasteiger partial charge in [0.15, 0.2) is 6.29 Å². The van der Waals surface area contributed by atoms with Crippen LogP contribution in [0.25, 0.3) is 0 Å². The van der Waals surface area contributed by atoms with Crippen LogP contribution in [0, 0.1) is 50.2 Å². The second-order valence-corrected chi connectivity index (χ2v) is 18.7. The van der Waals surface area contributed by atoms with E-state index in [1.54, 1.807) is 0 Å². The van der Waals surface area contributed by atoms with Gasteiger partial charge in [0.2, 0.25) is 5.91 Å². The molecule has 1 unspecified atom stereocenters. The van der Waals surface area contributed by atoms with Crippen LogP contribution in [-0.2, 0) is 19.1 Å². The van der Waals surface area contributed by atoms with Crippen LogP contribution in [0.5, 0.6) is 0 Å². The van der Waals surface area contributed by atoms with Crippen molar-refractivity contribution >= 4 is 11.9 Å². The summed E-state index contributed by atoms with van der Waals surface area (Å²) in [5.74, 6) is -0.798. The van der Waals surface area contributed by atoms with Crippen molar-refractivity contribution in [2.45, 2.75) is 156 Å². The number of aliphatic hydroxyl groups excluding tert-OH is 4. The highest BCUT2D eigenvalue weighted by Gasteiger charge is 2.71. The first-order valence-electron chi connectivity index (χ1n) is 18.4. The Bertz CT molecular complexity index is 1330. The van der Waals surface area contributed by atoms with E-state index in [1.165, 1.54) is 12.5 Å². The number of carbonyl (C=O) groups excluding carboxylic acids is 1. The molecule has 10 nitrogen and oxygen atoms in total. The van der Waals surface area contributed by atoms with E-state index < -0.39 is 54.7 Å². The minimum atomic E-state index is -1.37. The maximum absolute atomic E-state index is 13.0. The molecule has 1 heterocycles. The lowest BCUT2D eigenvalue weighted by atomic mass is 9.33.